The van der Waals surface area contributed by atoms with Crippen LogP contribution < -0.4 is 0 Å². The summed E-state index contributed by atoms with van der Waals surface area (Å²) in [5, 5.41) is 44.7. The molecule has 1 rings (SSSR count). The van der Waals surface area contributed by atoms with Crippen LogP contribution in [-0.2, 0) is 4.74 Å². The average molecular weight is 181 g/mol. The van der Waals surface area contributed by atoms with Crippen LogP contribution in [0.15, 0.2) is 0 Å². The summed E-state index contributed by atoms with van der Waals surface area (Å²) in [6.07, 6.45) is -7.04. The van der Waals surface area contributed by atoms with E-state index in [1.54, 1.807) is 0 Å². The normalized spacial score (nSPS) is 49.2. The van der Waals surface area contributed by atoms with Crippen molar-refractivity contribution in [3.63, 3.8) is 0 Å². The van der Waals surface area contributed by atoms with Gasteiger partial charge in [-0.2, -0.15) is 0 Å². The number of aliphatic hydroxyl groups excluding tert-OH is 5. The smallest absolute Gasteiger partial charge is 0.184 e. The highest BCUT2D eigenvalue weighted by atomic mass is 16.7. The van der Waals surface area contributed by atoms with Crippen molar-refractivity contribution in [3.8, 4) is 0 Å². The molecule has 6 nitrogen and oxygen atoms in total. The van der Waals surface area contributed by atoms with E-state index >= 15 is 0 Å². The molecule has 1 unspecified atom stereocenters. The van der Waals surface area contributed by atoms with Gasteiger partial charge in [0.1, 0.15) is 24.4 Å². The zero-order valence-electron chi connectivity index (χ0n) is 6.24. The Kier molecular flexibility index (Phi) is 2.99. The Labute approximate surface area is 68.6 Å². The highest BCUT2D eigenvalue weighted by Crippen LogP contribution is 2.18. The minimum absolute atomic E-state index is 0.526. The van der Waals surface area contributed by atoms with Crippen molar-refractivity contribution in [1.29, 1.82) is 0 Å². The van der Waals surface area contributed by atoms with E-state index < -0.39 is 37.3 Å². The van der Waals surface area contributed by atoms with E-state index in [4.69, 9.17) is 25.5 Å². The van der Waals surface area contributed by atoms with E-state index in [0.717, 1.165) is 0 Å². The van der Waals surface area contributed by atoms with E-state index in [1.807, 2.05) is 0 Å². The van der Waals surface area contributed by atoms with Crippen molar-refractivity contribution >= 4 is 0 Å². The summed E-state index contributed by atoms with van der Waals surface area (Å²) in [6.45, 7) is -0.526. The Morgan fingerprint density at radius 1 is 0.917 bits per heavy atom. The second-order valence-corrected chi connectivity index (χ2v) is 2.72. The minimum atomic E-state index is -1.57. The highest BCUT2D eigenvalue weighted by molar-refractivity contribution is 4.87. The SMILES string of the molecule is OC[13C@H]1OC(O)[C@H](O)[C@@H](O)[C@H]1O. The number of rotatable bonds is 1. The van der Waals surface area contributed by atoms with Gasteiger partial charge in [0.05, 0.1) is 6.61 Å². The van der Waals surface area contributed by atoms with Crippen molar-refractivity contribution in [2.45, 2.75) is 30.7 Å². The first-order chi connectivity index (χ1) is 5.57. The molecule has 5 N–H and O–H groups in total. The lowest BCUT2D eigenvalue weighted by molar-refractivity contribution is -0.286. The summed E-state index contributed by atoms with van der Waals surface area (Å²) >= 11 is 0. The fourth-order valence-corrected chi connectivity index (χ4v) is 1.08. The van der Waals surface area contributed by atoms with E-state index in [2.05, 4.69) is 4.74 Å². The van der Waals surface area contributed by atoms with Gasteiger partial charge < -0.3 is 30.3 Å². The molecule has 0 aromatic rings. The van der Waals surface area contributed by atoms with Gasteiger partial charge in [-0.15, -0.1) is 0 Å². The molecule has 0 radical (unpaired) electrons. The molecule has 0 amide bonds. The third-order valence-electron chi connectivity index (χ3n) is 1.87. The van der Waals surface area contributed by atoms with Crippen LogP contribution in [0.25, 0.3) is 0 Å². The van der Waals surface area contributed by atoms with Crippen LogP contribution in [0.4, 0.5) is 0 Å². The van der Waals surface area contributed by atoms with Gasteiger partial charge in [0.25, 0.3) is 0 Å². The summed E-state index contributed by atoms with van der Waals surface area (Å²) in [6, 6.07) is 0. The number of hydrogen-bond donors (Lipinski definition) is 5. The van der Waals surface area contributed by atoms with Crippen LogP contribution in [0.5, 0.6) is 0 Å². The third kappa shape index (κ3) is 1.58. The lowest BCUT2D eigenvalue weighted by Gasteiger charge is -2.37. The first kappa shape index (κ1) is 9.85. The lowest BCUT2D eigenvalue weighted by atomic mass is 10.1. The largest absolute Gasteiger partial charge is 0.394 e. The fraction of sp³-hybridized carbons (Fsp3) is 1.00. The first-order valence-electron chi connectivity index (χ1n) is 3.56. The van der Waals surface area contributed by atoms with Gasteiger partial charge in [-0.3, -0.25) is 0 Å². The maximum Gasteiger partial charge on any atom is 0.184 e. The molecule has 0 spiro atoms. The molecule has 1 fully saturated rings. The molecule has 5 atom stereocenters. The van der Waals surface area contributed by atoms with Crippen molar-refractivity contribution in [2.75, 3.05) is 6.61 Å². The first-order valence-corrected chi connectivity index (χ1v) is 3.56. The van der Waals surface area contributed by atoms with Crippen molar-refractivity contribution in [1.82, 2.24) is 0 Å². The Morgan fingerprint density at radius 2 is 1.50 bits per heavy atom. The molecule has 0 aromatic carbocycles. The molecule has 0 aromatic heterocycles. The number of hydrogen-bond acceptors (Lipinski definition) is 6. The van der Waals surface area contributed by atoms with E-state index in [1.165, 1.54) is 0 Å². The van der Waals surface area contributed by atoms with Crippen LogP contribution in [-0.4, -0.2) is 62.8 Å². The Balaban J connectivity index is 2.63. The number of aliphatic hydroxyl groups is 5. The maximum atomic E-state index is 9.12. The predicted octanol–water partition coefficient (Wildman–Crippen LogP) is -3.22. The molecule has 1 saturated heterocycles. The quantitative estimate of drug-likeness (QED) is 0.272. The molecule has 1 aliphatic heterocycles. The number of ether oxygens (including phenoxy) is 1. The fourth-order valence-electron chi connectivity index (χ4n) is 1.08. The standard InChI is InChI=1S/C6H12O6/c7-1-2-3(8)4(9)5(10)6(11)12-2/h2-11H,1H2/t2-,3+,4+,5-,6?/m1/s1/i2+1. The monoisotopic (exact) mass is 181 g/mol. The Bertz CT molecular complexity index is 146. The van der Waals surface area contributed by atoms with Crippen LogP contribution in [0, 0.1) is 0 Å². The van der Waals surface area contributed by atoms with Gasteiger partial charge in [0.2, 0.25) is 0 Å². The summed E-state index contributed by atoms with van der Waals surface area (Å²) in [5.74, 6) is 0. The Hall–Kier alpha value is -0.240. The van der Waals surface area contributed by atoms with Crippen LogP contribution in [0.1, 0.15) is 0 Å². The minimum Gasteiger partial charge on any atom is -0.394 e. The van der Waals surface area contributed by atoms with Crippen molar-refractivity contribution in [2.24, 2.45) is 0 Å². The maximum absolute atomic E-state index is 9.12. The molecule has 72 valence electrons. The van der Waals surface area contributed by atoms with Gasteiger partial charge in [-0.1, -0.05) is 0 Å². The van der Waals surface area contributed by atoms with Gasteiger partial charge in [0.15, 0.2) is 6.29 Å². The summed E-state index contributed by atoms with van der Waals surface area (Å²) < 4.78 is 4.58. The molecule has 0 aliphatic carbocycles. The predicted molar refractivity (Wildman–Crippen MR) is 36.0 cm³/mol. The highest BCUT2D eigenvalue weighted by Gasteiger charge is 2.42. The summed E-state index contributed by atoms with van der Waals surface area (Å²) in [7, 11) is 0. The second-order valence-electron chi connectivity index (χ2n) is 2.72. The summed E-state index contributed by atoms with van der Waals surface area (Å²) in [5.41, 5.74) is 0. The summed E-state index contributed by atoms with van der Waals surface area (Å²) in [4.78, 5) is 0. The van der Waals surface area contributed by atoms with Crippen molar-refractivity contribution < 1.29 is 30.3 Å². The molecular formula is C6H12O6. The topological polar surface area (TPSA) is 110 Å². The molecular weight excluding hydrogens is 169 g/mol. The molecule has 6 heteroatoms. The molecule has 1 heterocycles. The van der Waals surface area contributed by atoms with E-state index in [0.29, 0.717) is 0 Å². The van der Waals surface area contributed by atoms with Crippen LogP contribution >= 0.6 is 0 Å². The zero-order valence-corrected chi connectivity index (χ0v) is 6.24. The molecule has 12 heavy (non-hydrogen) atoms. The van der Waals surface area contributed by atoms with Gasteiger partial charge in [-0.25, -0.2) is 0 Å². The zero-order chi connectivity index (χ0) is 9.30. The molecule has 0 bridgehead atoms. The van der Waals surface area contributed by atoms with Crippen molar-refractivity contribution in [3.05, 3.63) is 0 Å². The molecule has 0 saturated carbocycles. The van der Waals surface area contributed by atoms with Gasteiger partial charge in [0, 0.05) is 0 Å². The second kappa shape index (κ2) is 3.65. The van der Waals surface area contributed by atoms with Crippen LogP contribution in [0.3, 0.4) is 0 Å². The average Bonchev–Trinajstić information content (AvgIpc) is 2.08. The molecule has 1 aliphatic rings. The van der Waals surface area contributed by atoms with E-state index in [-0.39, 0.29) is 0 Å². The van der Waals surface area contributed by atoms with Crippen LogP contribution in [0.2, 0.25) is 0 Å². The van der Waals surface area contributed by atoms with E-state index in [9.17, 15) is 0 Å². The van der Waals surface area contributed by atoms with Gasteiger partial charge >= 0.3 is 0 Å². The Morgan fingerprint density at radius 3 is 2.00 bits per heavy atom. The third-order valence-corrected chi connectivity index (χ3v) is 1.87. The lowest BCUT2D eigenvalue weighted by Crippen LogP contribution is -2.58. The van der Waals surface area contributed by atoms with Gasteiger partial charge in [-0.05, 0) is 0 Å².